The van der Waals surface area contributed by atoms with E-state index in [1.165, 1.54) is 4.90 Å². The molecule has 1 heterocycles. The van der Waals surface area contributed by atoms with E-state index in [2.05, 4.69) is 23.9 Å². The Balaban J connectivity index is 2.59. The molecule has 1 aliphatic heterocycles. The summed E-state index contributed by atoms with van der Waals surface area (Å²) in [6, 6.07) is 0. The Labute approximate surface area is 146 Å². The summed E-state index contributed by atoms with van der Waals surface area (Å²) >= 11 is 0. The van der Waals surface area contributed by atoms with Crippen LogP contribution >= 0.6 is 0 Å². The van der Waals surface area contributed by atoms with E-state index in [-0.39, 0.29) is 11.9 Å². The van der Waals surface area contributed by atoms with Crippen molar-refractivity contribution >= 4 is 21.9 Å². The summed E-state index contributed by atoms with van der Waals surface area (Å²) in [6.07, 6.45) is 7.92. The number of sulfonamides is 1. The van der Waals surface area contributed by atoms with Gasteiger partial charge >= 0.3 is 0 Å². The maximum Gasteiger partial charge on any atom is 0.255 e. The smallest absolute Gasteiger partial charge is 0.255 e. The zero-order chi connectivity index (χ0) is 18.2. The van der Waals surface area contributed by atoms with Gasteiger partial charge in [0.15, 0.2) is 5.96 Å². The molecule has 140 valence electrons. The van der Waals surface area contributed by atoms with Crippen molar-refractivity contribution in [3.8, 4) is 0 Å². The highest BCUT2D eigenvalue weighted by Crippen LogP contribution is 2.29. The Hall–Kier alpha value is -1.15. The highest BCUT2D eigenvalue weighted by atomic mass is 32.2. The highest BCUT2D eigenvalue weighted by Gasteiger charge is 2.47. The molecule has 0 bridgehead atoms. The van der Waals surface area contributed by atoms with E-state index in [4.69, 9.17) is 5.41 Å². The van der Waals surface area contributed by atoms with Crippen LogP contribution in [0.15, 0.2) is 0 Å². The van der Waals surface area contributed by atoms with Crippen LogP contribution in [0, 0.1) is 5.41 Å². The zero-order valence-corrected chi connectivity index (χ0v) is 16.0. The van der Waals surface area contributed by atoms with Gasteiger partial charge in [0.05, 0.1) is 6.26 Å². The van der Waals surface area contributed by atoms with Crippen molar-refractivity contribution in [1.82, 2.24) is 14.9 Å². The summed E-state index contributed by atoms with van der Waals surface area (Å²) in [7, 11) is -3.17. The number of guanidine groups is 1. The molecule has 3 N–H and O–H groups in total. The van der Waals surface area contributed by atoms with Crippen LogP contribution in [0.25, 0.3) is 0 Å². The van der Waals surface area contributed by atoms with Crippen molar-refractivity contribution in [2.45, 2.75) is 70.8 Å². The highest BCUT2D eigenvalue weighted by molar-refractivity contribution is 7.88. The quantitative estimate of drug-likeness (QED) is 0.462. The average molecular weight is 361 g/mol. The number of carbonyl (C=O) groups is 1. The first-order valence-corrected chi connectivity index (χ1v) is 10.8. The molecule has 0 aliphatic carbocycles. The minimum Gasteiger partial charge on any atom is -0.342 e. The van der Waals surface area contributed by atoms with Crippen molar-refractivity contribution in [3.05, 3.63) is 0 Å². The maximum absolute atomic E-state index is 12.9. The lowest BCUT2D eigenvalue weighted by Crippen LogP contribution is -2.47. The molecule has 0 spiro atoms. The molecule has 0 unspecified atom stereocenters. The molecule has 1 saturated heterocycles. The lowest BCUT2D eigenvalue weighted by Gasteiger charge is -2.27. The average Bonchev–Trinajstić information content (AvgIpc) is 2.74. The number of hydrogen-bond acceptors (Lipinski definition) is 4. The van der Waals surface area contributed by atoms with Crippen LogP contribution in [0.1, 0.15) is 65.2 Å². The molecule has 1 fully saturated rings. The standard InChI is InChI=1S/C16H32N4O3S/c1-4-6-10-16(11-7-5-2)14(21)20(15(17)19-16)13-9-8-12-18-24(3,22)23/h18H,4-13H2,1-3H3,(H2,17,19). The largest absolute Gasteiger partial charge is 0.342 e. The van der Waals surface area contributed by atoms with Crippen LogP contribution in [-0.4, -0.2) is 50.1 Å². The van der Waals surface area contributed by atoms with E-state index in [1.807, 2.05) is 0 Å². The van der Waals surface area contributed by atoms with Gasteiger partial charge in [-0.05, 0) is 25.7 Å². The van der Waals surface area contributed by atoms with E-state index in [0.29, 0.717) is 25.9 Å². The Morgan fingerprint density at radius 3 is 2.21 bits per heavy atom. The number of nitrogens with zero attached hydrogens (tertiary/aromatic N) is 1. The molecule has 0 saturated carbocycles. The molecule has 0 aromatic rings. The number of amides is 1. The number of rotatable bonds is 12. The molecule has 1 rings (SSSR count). The molecule has 24 heavy (non-hydrogen) atoms. The SMILES string of the molecule is CCCCC1(CCCC)NC(=N)N(CCCCNS(C)(=O)=O)C1=O. The van der Waals surface area contributed by atoms with Crippen LogP contribution in [-0.2, 0) is 14.8 Å². The Kier molecular flexibility index (Phi) is 8.15. The van der Waals surface area contributed by atoms with Gasteiger partial charge in [-0.3, -0.25) is 15.1 Å². The van der Waals surface area contributed by atoms with Gasteiger partial charge in [0.25, 0.3) is 5.91 Å². The fourth-order valence-electron chi connectivity index (χ4n) is 2.99. The first-order chi connectivity index (χ1) is 11.3. The van der Waals surface area contributed by atoms with Crippen molar-refractivity contribution in [2.24, 2.45) is 0 Å². The second-order valence-electron chi connectivity index (χ2n) is 6.59. The number of unbranched alkanes of at least 4 members (excludes halogenated alkanes) is 3. The van der Waals surface area contributed by atoms with Crippen molar-refractivity contribution < 1.29 is 13.2 Å². The monoisotopic (exact) mass is 360 g/mol. The lowest BCUT2D eigenvalue weighted by atomic mass is 9.87. The maximum atomic E-state index is 12.9. The van der Waals surface area contributed by atoms with Crippen LogP contribution in [0.3, 0.4) is 0 Å². The van der Waals surface area contributed by atoms with Crippen molar-refractivity contribution in [1.29, 1.82) is 5.41 Å². The van der Waals surface area contributed by atoms with E-state index in [1.54, 1.807) is 0 Å². The summed E-state index contributed by atoms with van der Waals surface area (Å²) < 4.78 is 24.5. The van der Waals surface area contributed by atoms with Gasteiger partial charge < -0.3 is 5.32 Å². The predicted molar refractivity (Wildman–Crippen MR) is 96.4 cm³/mol. The second-order valence-corrected chi connectivity index (χ2v) is 8.43. The topological polar surface area (TPSA) is 102 Å². The molecule has 1 aliphatic rings. The number of nitrogens with one attached hydrogen (secondary N) is 3. The van der Waals surface area contributed by atoms with Gasteiger partial charge in [-0.2, -0.15) is 0 Å². The third-order valence-corrected chi connectivity index (χ3v) is 5.10. The molecule has 7 nitrogen and oxygen atoms in total. The first kappa shape index (κ1) is 20.9. The minimum atomic E-state index is -3.17. The van der Waals surface area contributed by atoms with Gasteiger partial charge in [0.2, 0.25) is 10.0 Å². The molecule has 0 atom stereocenters. The molecule has 0 radical (unpaired) electrons. The van der Waals surface area contributed by atoms with Gasteiger partial charge in [0.1, 0.15) is 5.54 Å². The van der Waals surface area contributed by atoms with E-state index >= 15 is 0 Å². The molecular weight excluding hydrogens is 328 g/mol. The summed E-state index contributed by atoms with van der Waals surface area (Å²) in [5.74, 6) is 0.189. The lowest BCUT2D eigenvalue weighted by molar-refractivity contribution is -0.131. The summed E-state index contributed by atoms with van der Waals surface area (Å²) in [5, 5.41) is 11.3. The van der Waals surface area contributed by atoms with Crippen LogP contribution < -0.4 is 10.0 Å². The first-order valence-electron chi connectivity index (χ1n) is 8.89. The second kappa shape index (κ2) is 9.36. The molecule has 1 amide bonds. The third-order valence-electron chi connectivity index (χ3n) is 4.37. The van der Waals surface area contributed by atoms with E-state index in [9.17, 15) is 13.2 Å². The van der Waals surface area contributed by atoms with Gasteiger partial charge in [-0.15, -0.1) is 0 Å². The molecule has 0 aromatic carbocycles. The van der Waals surface area contributed by atoms with Crippen LogP contribution in [0.5, 0.6) is 0 Å². The molecule has 8 heteroatoms. The van der Waals surface area contributed by atoms with Crippen molar-refractivity contribution in [3.63, 3.8) is 0 Å². The molecule has 0 aromatic heterocycles. The Morgan fingerprint density at radius 1 is 1.12 bits per heavy atom. The van der Waals surface area contributed by atoms with Crippen molar-refractivity contribution in [2.75, 3.05) is 19.3 Å². The summed E-state index contributed by atoms with van der Waals surface area (Å²) in [5.41, 5.74) is -0.617. The van der Waals surface area contributed by atoms with Crippen LogP contribution in [0.2, 0.25) is 0 Å². The third kappa shape index (κ3) is 6.05. The predicted octanol–water partition coefficient (Wildman–Crippen LogP) is 1.80. The zero-order valence-electron chi connectivity index (χ0n) is 15.2. The number of carbonyl (C=O) groups excluding carboxylic acids is 1. The van der Waals surface area contributed by atoms with Gasteiger partial charge in [0, 0.05) is 13.1 Å². The summed E-state index contributed by atoms with van der Waals surface area (Å²) in [6.45, 7) is 5.02. The van der Waals surface area contributed by atoms with E-state index in [0.717, 1.165) is 44.8 Å². The fraction of sp³-hybridized carbons (Fsp3) is 0.875. The minimum absolute atomic E-state index is 0.00507. The van der Waals surface area contributed by atoms with Crippen LogP contribution in [0.4, 0.5) is 0 Å². The summed E-state index contributed by atoms with van der Waals surface area (Å²) in [4.78, 5) is 14.4. The normalized spacial score (nSPS) is 17.4. The van der Waals surface area contributed by atoms with E-state index < -0.39 is 15.6 Å². The Morgan fingerprint density at radius 2 is 1.71 bits per heavy atom. The number of hydrogen-bond donors (Lipinski definition) is 3. The Bertz CT molecular complexity index is 525. The fourth-order valence-corrected chi connectivity index (χ4v) is 3.51. The van der Waals surface area contributed by atoms with Gasteiger partial charge in [-0.1, -0.05) is 39.5 Å². The molecular formula is C16H32N4O3S. The van der Waals surface area contributed by atoms with Gasteiger partial charge in [-0.25, -0.2) is 13.1 Å².